The third-order valence-electron chi connectivity index (χ3n) is 5.52. The SMILES string of the molecule is CCOc1ccccc1N(CC(=O)N(Cc1cccc(Cl)c1)[C@H](C)C(=O)N[C@H](C)CC)S(C)(=O)=O. The summed E-state index contributed by atoms with van der Waals surface area (Å²) in [5.74, 6) is -0.513. The molecule has 0 saturated heterocycles. The van der Waals surface area contributed by atoms with Crippen molar-refractivity contribution in [2.24, 2.45) is 0 Å². The van der Waals surface area contributed by atoms with Crippen LogP contribution >= 0.6 is 11.6 Å². The molecule has 0 bridgehead atoms. The average molecular weight is 524 g/mol. The molecule has 0 unspecified atom stereocenters. The molecule has 2 aromatic rings. The lowest BCUT2D eigenvalue weighted by atomic mass is 10.1. The van der Waals surface area contributed by atoms with E-state index in [0.29, 0.717) is 17.4 Å². The molecule has 0 fully saturated rings. The number of ether oxygens (including phenoxy) is 1. The summed E-state index contributed by atoms with van der Waals surface area (Å²) in [5.41, 5.74) is 0.972. The Morgan fingerprint density at radius 1 is 1.09 bits per heavy atom. The first kappa shape index (κ1) is 28.5. The number of para-hydroxylation sites is 2. The van der Waals surface area contributed by atoms with E-state index in [9.17, 15) is 18.0 Å². The molecule has 8 nitrogen and oxygen atoms in total. The predicted octanol–water partition coefficient (Wildman–Crippen LogP) is 3.84. The van der Waals surface area contributed by atoms with E-state index in [1.54, 1.807) is 62.4 Å². The summed E-state index contributed by atoms with van der Waals surface area (Å²) >= 11 is 6.12. The van der Waals surface area contributed by atoms with Gasteiger partial charge in [0.15, 0.2) is 0 Å². The Bertz CT molecular complexity index is 1130. The summed E-state index contributed by atoms with van der Waals surface area (Å²) < 4.78 is 32.1. The number of anilines is 1. The molecule has 2 aromatic carbocycles. The lowest BCUT2D eigenvalue weighted by molar-refractivity contribution is -0.139. The summed E-state index contributed by atoms with van der Waals surface area (Å²) in [6, 6.07) is 12.7. The number of nitrogens with one attached hydrogen (secondary N) is 1. The third-order valence-corrected chi connectivity index (χ3v) is 6.88. The minimum Gasteiger partial charge on any atom is -0.492 e. The van der Waals surface area contributed by atoms with Crippen molar-refractivity contribution >= 4 is 39.1 Å². The Labute approximate surface area is 213 Å². The summed E-state index contributed by atoms with van der Waals surface area (Å²) in [4.78, 5) is 27.9. The number of carbonyl (C=O) groups excluding carboxylic acids is 2. The summed E-state index contributed by atoms with van der Waals surface area (Å²) in [7, 11) is -3.85. The molecular weight excluding hydrogens is 490 g/mol. The highest BCUT2D eigenvalue weighted by Crippen LogP contribution is 2.30. The smallest absolute Gasteiger partial charge is 0.244 e. The Morgan fingerprint density at radius 3 is 2.37 bits per heavy atom. The summed E-state index contributed by atoms with van der Waals surface area (Å²) in [6.45, 7) is 7.16. The van der Waals surface area contributed by atoms with E-state index in [1.165, 1.54) is 4.90 Å². The largest absolute Gasteiger partial charge is 0.492 e. The maximum atomic E-state index is 13.6. The van der Waals surface area contributed by atoms with E-state index in [-0.39, 0.29) is 24.2 Å². The van der Waals surface area contributed by atoms with Crippen molar-refractivity contribution in [2.45, 2.75) is 52.7 Å². The van der Waals surface area contributed by atoms with Crippen LogP contribution in [0.2, 0.25) is 5.02 Å². The van der Waals surface area contributed by atoms with Gasteiger partial charge in [-0.2, -0.15) is 0 Å². The van der Waals surface area contributed by atoms with Crippen molar-refractivity contribution in [3.8, 4) is 5.75 Å². The van der Waals surface area contributed by atoms with Gasteiger partial charge in [0, 0.05) is 17.6 Å². The van der Waals surface area contributed by atoms with Crippen LogP contribution < -0.4 is 14.4 Å². The normalized spacial score (nSPS) is 13.0. The topological polar surface area (TPSA) is 96.0 Å². The number of sulfonamides is 1. The third kappa shape index (κ3) is 8.14. The molecule has 0 aromatic heterocycles. The molecular formula is C25H34ClN3O5S. The van der Waals surface area contributed by atoms with Gasteiger partial charge in [-0.05, 0) is 57.0 Å². The van der Waals surface area contributed by atoms with Crippen molar-refractivity contribution < 1.29 is 22.7 Å². The van der Waals surface area contributed by atoms with Crippen LogP contribution in [0.5, 0.6) is 5.75 Å². The number of rotatable bonds is 12. The molecule has 2 rings (SSSR count). The molecule has 0 saturated carbocycles. The number of hydrogen-bond donors (Lipinski definition) is 1. The Hall–Kier alpha value is -2.78. The molecule has 2 amide bonds. The highest BCUT2D eigenvalue weighted by atomic mass is 35.5. The van der Waals surface area contributed by atoms with Gasteiger partial charge in [0.05, 0.1) is 18.6 Å². The fourth-order valence-electron chi connectivity index (χ4n) is 3.42. The zero-order valence-corrected chi connectivity index (χ0v) is 22.4. The van der Waals surface area contributed by atoms with E-state index in [0.717, 1.165) is 22.5 Å². The number of nitrogens with zero attached hydrogens (tertiary/aromatic N) is 2. The van der Waals surface area contributed by atoms with E-state index >= 15 is 0 Å². The fourth-order valence-corrected chi connectivity index (χ4v) is 4.48. The second-order valence-corrected chi connectivity index (χ2v) is 10.7. The van der Waals surface area contributed by atoms with Gasteiger partial charge < -0.3 is 15.0 Å². The van der Waals surface area contributed by atoms with Gasteiger partial charge >= 0.3 is 0 Å². The van der Waals surface area contributed by atoms with Crippen LogP contribution in [-0.4, -0.2) is 56.6 Å². The molecule has 0 radical (unpaired) electrons. The maximum absolute atomic E-state index is 13.6. The second kappa shape index (κ2) is 12.8. The quantitative estimate of drug-likeness (QED) is 0.456. The minimum absolute atomic E-state index is 0.0707. The van der Waals surface area contributed by atoms with Gasteiger partial charge in [-0.15, -0.1) is 0 Å². The van der Waals surface area contributed by atoms with Crippen LogP contribution in [0.25, 0.3) is 0 Å². The van der Waals surface area contributed by atoms with E-state index < -0.39 is 28.5 Å². The van der Waals surface area contributed by atoms with Crippen molar-refractivity contribution in [2.75, 3.05) is 23.7 Å². The van der Waals surface area contributed by atoms with E-state index in [4.69, 9.17) is 16.3 Å². The van der Waals surface area contributed by atoms with Gasteiger partial charge in [0.2, 0.25) is 21.8 Å². The molecule has 192 valence electrons. The first-order valence-corrected chi connectivity index (χ1v) is 13.7. The van der Waals surface area contributed by atoms with Crippen molar-refractivity contribution in [1.82, 2.24) is 10.2 Å². The Balaban J connectivity index is 2.43. The van der Waals surface area contributed by atoms with Gasteiger partial charge in [-0.3, -0.25) is 13.9 Å². The molecule has 1 N–H and O–H groups in total. The molecule has 35 heavy (non-hydrogen) atoms. The van der Waals surface area contributed by atoms with Gasteiger partial charge in [-0.1, -0.05) is 42.8 Å². The predicted molar refractivity (Wildman–Crippen MR) is 139 cm³/mol. The summed E-state index contributed by atoms with van der Waals surface area (Å²) in [6.07, 6.45) is 1.76. The number of hydrogen-bond acceptors (Lipinski definition) is 5. The number of benzene rings is 2. The molecule has 10 heteroatoms. The van der Waals surface area contributed by atoms with E-state index in [2.05, 4.69) is 5.32 Å². The Morgan fingerprint density at radius 2 is 1.77 bits per heavy atom. The standard InChI is InChI=1S/C25H34ClN3O5S/c1-6-18(3)27-25(31)19(4)28(16-20-11-10-12-21(26)15-20)24(30)17-29(35(5,32)33)22-13-8-9-14-23(22)34-7-2/h8-15,18-19H,6-7,16-17H2,1-5H3,(H,27,31)/t18-,19-/m1/s1. The Kier molecular flexibility index (Phi) is 10.4. The monoisotopic (exact) mass is 523 g/mol. The van der Waals surface area contributed by atoms with Crippen LogP contribution in [-0.2, 0) is 26.2 Å². The number of halogens is 1. The van der Waals surface area contributed by atoms with Gasteiger partial charge in [0.1, 0.15) is 18.3 Å². The van der Waals surface area contributed by atoms with E-state index in [1.807, 2.05) is 13.8 Å². The van der Waals surface area contributed by atoms with Crippen molar-refractivity contribution in [1.29, 1.82) is 0 Å². The first-order valence-electron chi connectivity index (χ1n) is 11.5. The second-order valence-electron chi connectivity index (χ2n) is 8.32. The zero-order valence-electron chi connectivity index (χ0n) is 20.8. The molecule has 0 aliphatic heterocycles. The highest BCUT2D eigenvalue weighted by Gasteiger charge is 2.31. The zero-order chi connectivity index (χ0) is 26.2. The lowest BCUT2D eigenvalue weighted by Crippen LogP contribution is -2.52. The molecule has 0 spiro atoms. The first-order chi connectivity index (χ1) is 16.5. The number of carbonyl (C=O) groups is 2. The van der Waals surface area contributed by atoms with Crippen LogP contribution in [0.4, 0.5) is 5.69 Å². The lowest BCUT2D eigenvalue weighted by Gasteiger charge is -2.32. The fraction of sp³-hybridized carbons (Fsp3) is 0.440. The molecule has 0 aliphatic carbocycles. The van der Waals surface area contributed by atoms with Crippen LogP contribution in [0.3, 0.4) is 0 Å². The van der Waals surface area contributed by atoms with Crippen LogP contribution in [0.1, 0.15) is 39.7 Å². The van der Waals surface area contributed by atoms with Crippen molar-refractivity contribution in [3.63, 3.8) is 0 Å². The highest BCUT2D eigenvalue weighted by molar-refractivity contribution is 7.92. The maximum Gasteiger partial charge on any atom is 0.244 e. The minimum atomic E-state index is -3.85. The molecule has 0 aliphatic rings. The summed E-state index contributed by atoms with van der Waals surface area (Å²) in [5, 5.41) is 3.39. The molecule has 0 heterocycles. The van der Waals surface area contributed by atoms with Crippen LogP contribution in [0, 0.1) is 0 Å². The molecule has 2 atom stereocenters. The van der Waals surface area contributed by atoms with Gasteiger partial charge in [-0.25, -0.2) is 8.42 Å². The van der Waals surface area contributed by atoms with Crippen LogP contribution in [0.15, 0.2) is 48.5 Å². The van der Waals surface area contributed by atoms with Gasteiger partial charge in [0.25, 0.3) is 0 Å². The number of amides is 2. The van der Waals surface area contributed by atoms with Crippen molar-refractivity contribution in [3.05, 3.63) is 59.1 Å². The average Bonchev–Trinajstić information content (AvgIpc) is 2.80.